The number of carbonyl (C=O) groups excluding carboxylic acids is 2. The van der Waals surface area contributed by atoms with Gasteiger partial charge in [0.05, 0.1) is 0 Å². The Balaban J connectivity index is 2.72. The van der Waals surface area contributed by atoms with Crippen molar-refractivity contribution < 1.29 is 9.59 Å². The molecule has 6 heteroatoms. The number of likely N-dealkylation sites (N-methyl/N-ethyl adjacent to an activating group) is 1. The number of para-hydroxylation sites is 1. The number of benzene rings is 1. The van der Waals surface area contributed by atoms with Gasteiger partial charge in [0.1, 0.15) is 0 Å². The van der Waals surface area contributed by atoms with E-state index in [1.165, 1.54) is 0 Å². The largest absolute Gasteiger partial charge is 0.351 e. The van der Waals surface area contributed by atoms with Gasteiger partial charge in [-0.15, -0.1) is 0 Å². The van der Waals surface area contributed by atoms with Crippen LogP contribution in [0, 0.1) is 6.92 Å². The average Bonchev–Trinajstić information content (AvgIpc) is 2.31. The number of nitrogens with zero attached hydrogens (tertiary/aromatic N) is 2. The van der Waals surface area contributed by atoms with Gasteiger partial charge in [-0.2, -0.15) is 0 Å². The molecule has 0 saturated heterocycles. The Morgan fingerprint density at radius 1 is 1.21 bits per heavy atom. The van der Waals surface area contributed by atoms with Crippen molar-refractivity contribution in [2.24, 2.45) is 5.73 Å². The molecule has 0 unspecified atom stereocenters. The van der Waals surface area contributed by atoms with Crippen molar-refractivity contribution in [3.63, 3.8) is 0 Å². The lowest BCUT2D eigenvalue weighted by Crippen LogP contribution is -2.46. The van der Waals surface area contributed by atoms with Crippen molar-refractivity contribution in [1.29, 1.82) is 0 Å². The first-order valence-electron chi connectivity index (χ1n) is 6.00. The summed E-state index contributed by atoms with van der Waals surface area (Å²) in [5.41, 5.74) is 6.82. The van der Waals surface area contributed by atoms with Crippen LogP contribution in [0.2, 0.25) is 0 Å². The van der Waals surface area contributed by atoms with E-state index in [1.807, 2.05) is 44.1 Å². The van der Waals surface area contributed by atoms with E-state index in [4.69, 9.17) is 5.73 Å². The van der Waals surface area contributed by atoms with E-state index >= 15 is 0 Å². The Bertz CT molecular complexity index is 460. The first-order chi connectivity index (χ1) is 8.91. The fraction of sp³-hybridized carbons (Fsp3) is 0.385. The van der Waals surface area contributed by atoms with Crippen LogP contribution in [0.4, 0.5) is 15.3 Å². The molecule has 0 aliphatic carbocycles. The third-order valence-corrected chi connectivity index (χ3v) is 2.67. The summed E-state index contributed by atoms with van der Waals surface area (Å²) in [7, 11) is 3.72. The number of amides is 4. The molecule has 0 spiro atoms. The predicted molar refractivity (Wildman–Crippen MR) is 75.0 cm³/mol. The second-order valence-corrected chi connectivity index (χ2v) is 4.54. The monoisotopic (exact) mass is 264 g/mol. The van der Waals surface area contributed by atoms with Gasteiger partial charge in [-0.1, -0.05) is 18.2 Å². The molecular formula is C13H20N4O2. The van der Waals surface area contributed by atoms with Crippen LogP contribution in [0.1, 0.15) is 5.56 Å². The quantitative estimate of drug-likeness (QED) is 0.864. The standard InChI is InChI=1S/C13H20N4O2/c1-10-6-4-5-7-11(10)15-13(19)17(12(14)18)9-8-16(2)3/h4-7H,8-9H2,1-3H3,(H2,14,18)(H,15,19). The molecule has 1 aromatic carbocycles. The number of hydrogen-bond acceptors (Lipinski definition) is 3. The molecule has 0 aliphatic heterocycles. The van der Waals surface area contributed by atoms with E-state index in [2.05, 4.69) is 5.32 Å². The summed E-state index contributed by atoms with van der Waals surface area (Å²) in [6, 6.07) is 6.08. The summed E-state index contributed by atoms with van der Waals surface area (Å²) in [5.74, 6) is 0. The fourth-order valence-electron chi connectivity index (χ4n) is 1.51. The molecule has 0 aliphatic rings. The molecule has 0 fully saturated rings. The van der Waals surface area contributed by atoms with Crippen LogP contribution >= 0.6 is 0 Å². The van der Waals surface area contributed by atoms with Gasteiger partial charge in [-0.3, -0.25) is 0 Å². The number of hydrogen-bond donors (Lipinski definition) is 2. The highest BCUT2D eigenvalue weighted by Crippen LogP contribution is 2.13. The molecular weight excluding hydrogens is 244 g/mol. The molecule has 1 rings (SSSR count). The second-order valence-electron chi connectivity index (χ2n) is 4.54. The molecule has 0 radical (unpaired) electrons. The van der Waals surface area contributed by atoms with E-state index < -0.39 is 12.1 Å². The topological polar surface area (TPSA) is 78.7 Å². The second kappa shape index (κ2) is 6.75. The van der Waals surface area contributed by atoms with Gasteiger partial charge in [0.2, 0.25) is 0 Å². The van der Waals surface area contributed by atoms with Crippen LogP contribution in [0.15, 0.2) is 24.3 Å². The maximum absolute atomic E-state index is 12.0. The summed E-state index contributed by atoms with van der Waals surface area (Å²) in [6.45, 7) is 2.69. The lowest BCUT2D eigenvalue weighted by Gasteiger charge is -2.21. The van der Waals surface area contributed by atoms with Gasteiger partial charge < -0.3 is 16.0 Å². The number of rotatable bonds is 4. The van der Waals surface area contributed by atoms with Crippen molar-refractivity contribution >= 4 is 17.7 Å². The molecule has 19 heavy (non-hydrogen) atoms. The first kappa shape index (κ1) is 15.0. The lowest BCUT2D eigenvalue weighted by molar-refractivity contribution is 0.195. The van der Waals surface area contributed by atoms with E-state index in [0.29, 0.717) is 12.2 Å². The van der Waals surface area contributed by atoms with Gasteiger partial charge in [0.15, 0.2) is 0 Å². The Morgan fingerprint density at radius 2 is 1.84 bits per heavy atom. The Hall–Kier alpha value is -2.08. The van der Waals surface area contributed by atoms with E-state index in [-0.39, 0.29) is 6.54 Å². The number of primary amides is 1. The number of nitrogens with one attached hydrogen (secondary N) is 1. The molecule has 0 heterocycles. The van der Waals surface area contributed by atoms with E-state index in [0.717, 1.165) is 10.5 Å². The average molecular weight is 264 g/mol. The number of nitrogens with two attached hydrogens (primary N) is 1. The van der Waals surface area contributed by atoms with Crippen LogP contribution in [0.5, 0.6) is 0 Å². The molecule has 0 aromatic heterocycles. The van der Waals surface area contributed by atoms with Gasteiger partial charge in [0, 0.05) is 18.8 Å². The zero-order valence-corrected chi connectivity index (χ0v) is 11.5. The van der Waals surface area contributed by atoms with Gasteiger partial charge in [0.25, 0.3) is 0 Å². The predicted octanol–water partition coefficient (Wildman–Crippen LogP) is 1.47. The number of carbonyl (C=O) groups is 2. The van der Waals surface area contributed by atoms with Gasteiger partial charge >= 0.3 is 12.1 Å². The van der Waals surface area contributed by atoms with Crippen LogP contribution < -0.4 is 11.1 Å². The maximum Gasteiger partial charge on any atom is 0.330 e. The molecule has 1 aromatic rings. The van der Waals surface area contributed by atoms with Crippen molar-refractivity contribution in [2.45, 2.75) is 6.92 Å². The van der Waals surface area contributed by atoms with Crippen molar-refractivity contribution in [3.8, 4) is 0 Å². The number of anilines is 1. The molecule has 0 atom stereocenters. The summed E-state index contributed by atoms with van der Waals surface area (Å²) >= 11 is 0. The summed E-state index contributed by atoms with van der Waals surface area (Å²) in [5, 5.41) is 2.68. The Kier molecular flexibility index (Phi) is 5.32. The Morgan fingerprint density at radius 3 is 2.37 bits per heavy atom. The zero-order valence-electron chi connectivity index (χ0n) is 11.5. The molecule has 0 saturated carbocycles. The normalized spacial score (nSPS) is 10.3. The Labute approximate surface area is 113 Å². The summed E-state index contributed by atoms with van der Waals surface area (Å²) in [6.07, 6.45) is 0. The van der Waals surface area contributed by atoms with Crippen LogP contribution in [-0.2, 0) is 0 Å². The number of imide groups is 1. The minimum absolute atomic E-state index is 0.250. The van der Waals surface area contributed by atoms with Crippen molar-refractivity contribution in [3.05, 3.63) is 29.8 Å². The molecule has 3 N–H and O–H groups in total. The van der Waals surface area contributed by atoms with Crippen molar-refractivity contribution in [1.82, 2.24) is 9.80 Å². The summed E-state index contributed by atoms with van der Waals surface area (Å²) in [4.78, 5) is 26.2. The lowest BCUT2D eigenvalue weighted by atomic mass is 10.2. The number of urea groups is 2. The minimum atomic E-state index is -0.757. The third-order valence-electron chi connectivity index (χ3n) is 2.67. The third kappa shape index (κ3) is 4.59. The molecule has 104 valence electrons. The van der Waals surface area contributed by atoms with E-state index in [9.17, 15) is 9.59 Å². The SMILES string of the molecule is Cc1ccccc1NC(=O)N(CCN(C)C)C(N)=O. The van der Waals surface area contributed by atoms with Crippen LogP contribution in [-0.4, -0.2) is 49.0 Å². The minimum Gasteiger partial charge on any atom is -0.351 e. The molecule has 4 amide bonds. The zero-order chi connectivity index (χ0) is 14.4. The maximum atomic E-state index is 12.0. The highest BCUT2D eigenvalue weighted by atomic mass is 16.2. The number of aryl methyl sites for hydroxylation is 1. The van der Waals surface area contributed by atoms with Gasteiger partial charge in [-0.25, -0.2) is 14.5 Å². The highest BCUT2D eigenvalue weighted by Gasteiger charge is 2.19. The van der Waals surface area contributed by atoms with Gasteiger partial charge in [-0.05, 0) is 32.6 Å². The van der Waals surface area contributed by atoms with E-state index in [1.54, 1.807) is 6.07 Å². The van der Waals surface area contributed by atoms with Crippen molar-refractivity contribution in [2.75, 3.05) is 32.5 Å². The summed E-state index contributed by atoms with van der Waals surface area (Å²) < 4.78 is 0. The molecule has 0 bridgehead atoms. The highest BCUT2D eigenvalue weighted by molar-refractivity contribution is 6.00. The fourth-order valence-corrected chi connectivity index (χ4v) is 1.51. The van der Waals surface area contributed by atoms with Crippen LogP contribution in [0.3, 0.4) is 0 Å². The first-order valence-corrected chi connectivity index (χ1v) is 6.00. The molecule has 6 nitrogen and oxygen atoms in total. The van der Waals surface area contributed by atoms with Crippen LogP contribution in [0.25, 0.3) is 0 Å². The smallest absolute Gasteiger partial charge is 0.330 e.